The van der Waals surface area contributed by atoms with Gasteiger partial charge in [0, 0.05) is 6.54 Å². The van der Waals surface area contributed by atoms with Crippen LogP contribution >= 0.6 is 0 Å². The molecule has 0 saturated carbocycles. The zero-order valence-corrected chi connectivity index (χ0v) is 10.3. The van der Waals surface area contributed by atoms with E-state index in [2.05, 4.69) is 5.32 Å². The van der Waals surface area contributed by atoms with Crippen molar-refractivity contribution in [3.8, 4) is 0 Å². The molecule has 0 amide bonds. The van der Waals surface area contributed by atoms with Crippen LogP contribution in [-0.2, 0) is 10.0 Å². The highest BCUT2D eigenvalue weighted by Gasteiger charge is 2.21. The monoisotopic (exact) mass is 277 g/mol. The Hall–Kier alpha value is -1.74. The van der Waals surface area contributed by atoms with Crippen LogP contribution in [0.5, 0.6) is 0 Å². The lowest BCUT2D eigenvalue weighted by molar-refractivity contribution is -0.386. The minimum Gasteiger partial charge on any atom is -0.378 e. The van der Waals surface area contributed by atoms with E-state index in [1.165, 1.54) is 19.1 Å². The smallest absolute Gasteiger partial charge is 0.327 e. The maximum absolute atomic E-state index is 13.2. The van der Waals surface area contributed by atoms with Gasteiger partial charge in [-0.1, -0.05) is 6.07 Å². The lowest BCUT2D eigenvalue weighted by Gasteiger charge is -2.11. The molecule has 1 aromatic rings. The van der Waals surface area contributed by atoms with Gasteiger partial charge in [0.25, 0.3) is 0 Å². The van der Waals surface area contributed by atoms with Crippen molar-refractivity contribution in [2.24, 2.45) is 5.14 Å². The number of hydrogen-bond acceptors (Lipinski definition) is 5. The Morgan fingerprint density at radius 1 is 1.56 bits per heavy atom. The third-order valence-electron chi connectivity index (χ3n) is 2.31. The lowest BCUT2D eigenvalue weighted by Crippen LogP contribution is -2.31. The van der Waals surface area contributed by atoms with Gasteiger partial charge in [0.05, 0.1) is 10.2 Å². The van der Waals surface area contributed by atoms with Gasteiger partial charge in [-0.3, -0.25) is 10.1 Å². The van der Waals surface area contributed by atoms with Gasteiger partial charge < -0.3 is 5.32 Å². The molecule has 0 heterocycles. The summed E-state index contributed by atoms with van der Waals surface area (Å²) in [4.78, 5) is 9.79. The van der Waals surface area contributed by atoms with E-state index in [0.29, 0.717) is 0 Å². The average molecular weight is 277 g/mol. The van der Waals surface area contributed by atoms with Gasteiger partial charge in [0.15, 0.2) is 0 Å². The van der Waals surface area contributed by atoms with Crippen molar-refractivity contribution in [3.63, 3.8) is 0 Å². The van der Waals surface area contributed by atoms with Crippen LogP contribution < -0.4 is 10.5 Å². The lowest BCUT2D eigenvalue weighted by atomic mass is 10.2. The van der Waals surface area contributed by atoms with Gasteiger partial charge in [-0.15, -0.1) is 0 Å². The van der Waals surface area contributed by atoms with E-state index in [1.54, 1.807) is 0 Å². The molecule has 1 atom stereocenters. The number of anilines is 1. The van der Waals surface area contributed by atoms with E-state index in [4.69, 9.17) is 5.14 Å². The second-order valence-corrected chi connectivity index (χ2v) is 5.66. The predicted octanol–water partition coefficient (Wildman–Crippen LogP) is 0.823. The number of nitrogens with one attached hydrogen (secondary N) is 1. The highest BCUT2D eigenvalue weighted by Crippen LogP contribution is 2.27. The second-order valence-electron chi connectivity index (χ2n) is 3.67. The molecule has 0 fully saturated rings. The molecule has 0 bridgehead atoms. The van der Waals surface area contributed by atoms with E-state index in [9.17, 15) is 22.9 Å². The van der Waals surface area contributed by atoms with Crippen molar-refractivity contribution < 1.29 is 17.7 Å². The van der Waals surface area contributed by atoms with Gasteiger partial charge in [-0.2, -0.15) is 4.39 Å². The van der Waals surface area contributed by atoms with E-state index in [0.717, 1.165) is 6.07 Å². The molecule has 0 radical (unpaired) electrons. The van der Waals surface area contributed by atoms with Gasteiger partial charge >= 0.3 is 5.69 Å². The molecule has 0 aliphatic rings. The van der Waals surface area contributed by atoms with Crippen LogP contribution in [-0.4, -0.2) is 25.1 Å². The van der Waals surface area contributed by atoms with Gasteiger partial charge in [0.1, 0.15) is 5.69 Å². The summed E-state index contributed by atoms with van der Waals surface area (Å²) < 4.78 is 35.2. The molecule has 0 aliphatic heterocycles. The minimum atomic E-state index is -3.74. The van der Waals surface area contributed by atoms with E-state index in [-0.39, 0.29) is 12.2 Å². The third kappa shape index (κ3) is 3.37. The van der Waals surface area contributed by atoms with Crippen molar-refractivity contribution >= 4 is 21.4 Å². The van der Waals surface area contributed by atoms with Crippen LogP contribution in [0.2, 0.25) is 0 Å². The summed E-state index contributed by atoms with van der Waals surface area (Å²) in [7, 11) is -3.74. The molecule has 100 valence electrons. The molecule has 0 aliphatic carbocycles. The highest BCUT2D eigenvalue weighted by molar-refractivity contribution is 7.89. The molecule has 1 rings (SSSR count). The fourth-order valence-corrected chi connectivity index (χ4v) is 1.53. The van der Waals surface area contributed by atoms with Crippen molar-refractivity contribution in [2.75, 3.05) is 11.9 Å². The van der Waals surface area contributed by atoms with E-state index < -0.39 is 31.7 Å². The van der Waals surface area contributed by atoms with Crippen LogP contribution in [0.3, 0.4) is 0 Å². The number of nitrogens with two attached hydrogens (primary N) is 1. The molecular weight excluding hydrogens is 265 g/mol. The summed E-state index contributed by atoms with van der Waals surface area (Å²) in [5.74, 6) is -0.992. The number of halogens is 1. The third-order valence-corrected chi connectivity index (χ3v) is 3.60. The number of nitrogens with zero attached hydrogens (tertiary/aromatic N) is 1. The number of sulfonamides is 1. The molecular formula is C9H12FN3O4S. The normalized spacial score (nSPS) is 13.1. The molecule has 0 saturated heterocycles. The predicted molar refractivity (Wildman–Crippen MR) is 64.1 cm³/mol. The number of nitro groups is 1. The van der Waals surface area contributed by atoms with Crippen molar-refractivity contribution in [1.82, 2.24) is 0 Å². The fourth-order valence-electron chi connectivity index (χ4n) is 1.21. The van der Waals surface area contributed by atoms with Gasteiger partial charge in [-0.25, -0.2) is 13.6 Å². The Labute approximate surface area is 103 Å². The van der Waals surface area contributed by atoms with Crippen LogP contribution in [0, 0.1) is 15.9 Å². The number of benzene rings is 1. The average Bonchev–Trinajstić information content (AvgIpc) is 2.23. The quantitative estimate of drug-likeness (QED) is 0.610. The summed E-state index contributed by atoms with van der Waals surface area (Å²) in [6, 6.07) is 3.52. The van der Waals surface area contributed by atoms with Crippen LogP contribution in [0.4, 0.5) is 15.8 Å². The minimum absolute atomic E-state index is 0.0875. The number of hydrogen-bond donors (Lipinski definition) is 2. The second kappa shape index (κ2) is 5.27. The summed E-state index contributed by atoms with van der Waals surface area (Å²) in [5, 5.41) is 17.1. The Bertz CT molecular complexity index is 561. The zero-order valence-electron chi connectivity index (χ0n) is 9.46. The Morgan fingerprint density at radius 3 is 2.67 bits per heavy atom. The Morgan fingerprint density at radius 2 is 2.17 bits per heavy atom. The van der Waals surface area contributed by atoms with Crippen molar-refractivity contribution in [1.29, 1.82) is 0 Å². The molecule has 9 heteroatoms. The first-order chi connectivity index (χ1) is 8.23. The Kier molecular flexibility index (Phi) is 4.19. The van der Waals surface area contributed by atoms with Gasteiger partial charge in [0.2, 0.25) is 15.8 Å². The molecule has 0 aromatic heterocycles. The number of rotatable bonds is 5. The Balaban J connectivity index is 2.93. The van der Waals surface area contributed by atoms with E-state index in [1.807, 2.05) is 0 Å². The molecule has 0 unspecified atom stereocenters. The summed E-state index contributed by atoms with van der Waals surface area (Å²) in [6.45, 7) is 1.19. The standard InChI is InChI=1S/C9H12FN3O4S/c1-6(18(11,16)17)5-12-8-4-2-3-7(10)9(8)13(14)15/h2-4,6,12H,5H2,1H3,(H2,11,16,17)/t6-/m1/s1. The summed E-state index contributed by atoms with van der Waals surface area (Å²) >= 11 is 0. The fraction of sp³-hybridized carbons (Fsp3) is 0.333. The van der Waals surface area contributed by atoms with Crippen LogP contribution in [0.15, 0.2) is 18.2 Å². The van der Waals surface area contributed by atoms with Crippen LogP contribution in [0.1, 0.15) is 6.92 Å². The number of para-hydroxylation sites is 1. The van der Waals surface area contributed by atoms with Crippen molar-refractivity contribution in [3.05, 3.63) is 34.1 Å². The first kappa shape index (κ1) is 14.3. The largest absolute Gasteiger partial charge is 0.378 e. The number of nitro benzene ring substituents is 1. The topological polar surface area (TPSA) is 115 Å². The molecule has 7 nitrogen and oxygen atoms in total. The SMILES string of the molecule is C[C@H](CNc1cccc(F)c1[N+](=O)[O-])S(N)(=O)=O. The maximum Gasteiger partial charge on any atom is 0.327 e. The first-order valence-electron chi connectivity index (χ1n) is 4.92. The highest BCUT2D eigenvalue weighted by atomic mass is 32.2. The first-order valence-corrected chi connectivity index (χ1v) is 6.53. The van der Waals surface area contributed by atoms with Gasteiger partial charge in [-0.05, 0) is 19.1 Å². The van der Waals surface area contributed by atoms with Crippen LogP contribution in [0.25, 0.3) is 0 Å². The molecule has 18 heavy (non-hydrogen) atoms. The molecule has 1 aromatic carbocycles. The summed E-state index contributed by atoms with van der Waals surface area (Å²) in [5.41, 5.74) is -0.811. The molecule has 3 N–H and O–H groups in total. The maximum atomic E-state index is 13.2. The number of primary sulfonamides is 1. The zero-order chi connectivity index (χ0) is 13.9. The van der Waals surface area contributed by atoms with Crippen molar-refractivity contribution in [2.45, 2.75) is 12.2 Å². The molecule has 0 spiro atoms. The summed E-state index contributed by atoms with van der Waals surface area (Å²) in [6.07, 6.45) is 0. The van der Waals surface area contributed by atoms with E-state index >= 15 is 0 Å².